The first-order chi connectivity index (χ1) is 7.75. The molecule has 3 heteroatoms. The highest BCUT2D eigenvalue weighted by Crippen LogP contribution is 2.19. The van der Waals surface area contributed by atoms with Crippen LogP contribution in [0.25, 0.3) is 6.08 Å². The van der Waals surface area contributed by atoms with Crippen LogP contribution in [-0.4, -0.2) is 12.6 Å². The number of hydrogen-bond acceptors (Lipinski definition) is 1. The lowest BCUT2D eigenvalue weighted by atomic mass is 10.0. The summed E-state index contributed by atoms with van der Waals surface area (Å²) in [4.78, 5) is 0. The van der Waals surface area contributed by atoms with E-state index in [0.717, 1.165) is 18.5 Å². The average Bonchev–Trinajstić information content (AvgIpc) is 2.29. The van der Waals surface area contributed by atoms with Gasteiger partial charge in [-0.05, 0) is 37.1 Å². The first-order valence-corrected chi connectivity index (χ1v) is 6.00. The summed E-state index contributed by atoms with van der Waals surface area (Å²) in [6.07, 6.45) is 7.75. The van der Waals surface area contributed by atoms with Gasteiger partial charge in [0.15, 0.2) is 0 Å². The van der Waals surface area contributed by atoms with Crippen molar-refractivity contribution in [3.8, 4) is 0 Å². The minimum Gasteiger partial charge on any atom is -0.311 e. The topological polar surface area (TPSA) is 12.0 Å². The van der Waals surface area contributed by atoms with Crippen molar-refractivity contribution in [2.45, 2.75) is 25.3 Å². The van der Waals surface area contributed by atoms with Crippen molar-refractivity contribution in [3.05, 3.63) is 40.7 Å². The number of benzene rings is 1. The maximum Gasteiger partial charge on any atom is 0.124 e. The summed E-state index contributed by atoms with van der Waals surface area (Å²) in [7, 11) is 0. The van der Waals surface area contributed by atoms with Crippen molar-refractivity contribution in [2.75, 3.05) is 6.54 Å². The van der Waals surface area contributed by atoms with Gasteiger partial charge in [0.05, 0.1) is 5.02 Å². The monoisotopic (exact) mass is 239 g/mol. The molecule has 1 nitrogen and oxygen atoms in total. The molecule has 1 aliphatic heterocycles. The predicted molar refractivity (Wildman–Crippen MR) is 66.1 cm³/mol. The van der Waals surface area contributed by atoms with Crippen molar-refractivity contribution < 1.29 is 4.39 Å². The third kappa shape index (κ3) is 3.06. The summed E-state index contributed by atoms with van der Waals surface area (Å²) < 4.78 is 12.8. The lowest BCUT2D eigenvalue weighted by Crippen LogP contribution is -2.31. The van der Waals surface area contributed by atoms with Crippen LogP contribution in [0.3, 0.4) is 0 Å². The molecule has 0 radical (unpaired) electrons. The molecule has 1 N–H and O–H groups in total. The molecule has 1 saturated heterocycles. The summed E-state index contributed by atoms with van der Waals surface area (Å²) in [5.41, 5.74) is 0.871. The van der Waals surface area contributed by atoms with Crippen molar-refractivity contribution >= 4 is 17.7 Å². The van der Waals surface area contributed by atoms with E-state index in [2.05, 4.69) is 11.4 Å². The van der Waals surface area contributed by atoms with E-state index >= 15 is 0 Å². The molecule has 1 atom stereocenters. The second-order valence-corrected chi connectivity index (χ2v) is 4.49. The van der Waals surface area contributed by atoms with Crippen LogP contribution in [-0.2, 0) is 0 Å². The van der Waals surface area contributed by atoms with Gasteiger partial charge in [0.2, 0.25) is 0 Å². The van der Waals surface area contributed by atoms with E-state index < -0.39 is 0 Å². The first-order valence-electron chi connectivity index (χ1n) is 5.62. The van der Waals surface area contributed by atoms with Gasteiger partial charge in [-0.1, -0.05) is 36.2 Å². The second-order valence-electron chi connectivity index (χ2n) is 4.08. The molecule has 1 fully saturated rings. The number of rotatable bonds is 2. The summed E-state index contributed by atoms with van der Waals surface area (Å²) in [6, 6.07) is 4.90. The van der Waals surface area contributed by atoms with Crippen LogP contribution < -0.4 is 5.32 Å². The first kappa shape index (κ1) is 11.6. The van der Waals surface area contributed by atoms with Crippen molar-refractivity contribution in [1.82, 2.24) is 5.32 Å². The summed E-state index contributed by atoms with van der Waals surface area (Å²) >= 11 is 5.94. The smallest absolute Gasteiger partial charge is 0.124 e. The molecule has 16 heavy (non-hydrogen) atoms. The molecule has 2 rings (SSSR count). The van der Waals surface area contributed by atoms with Crippen LogP contribution >= 0.6 is 11.6 Å². The van der Waals surface area contributed by atoms with Crippen LogP contribution in [0.15, 0.2) is 24.3 Å². The predicted octanol–water partition coefficient (Wildman–Crippen LogP) is 3.63. The van der Waals surface area contributed by atoms with E-state index in [0.29, 0.717) is 11.1 Å². The Hall–Kier alpha value is -0.860. The zero-order chi connectivity index (χ0) is 11.4. The number of halogens is 2. The fourth-order valence-electron chi connectivity index (χ4n) is 1.90. The standard InChI is InChI=1S/C13H15ClFN/c14-13-9-11(15)6-4-10(13)5-7-12-3-1-2-8-16-12/h4-7,9,12,16H,1-3,8H2/b7-5+. The zero-order valence-corrected chi connectivity index (χ0v) is 9.80. The van der Waals surface area contributed by atoms with Crippen LogP contribution in [0.5, 0.6) is 0 Å². The van der Waals surface area contributed by atoms with E-state index in [1.807, 2.05) is 6.08 Å². The Morgan fingerprint density at radius 2 is 2.25 bits per heavy atom. The van der Waals surface area contributed by atoms with Gasteiger partial charge in [-0.25, -0.2) is 4.39 Å². The number of nitrogens with one attached hydrogen (secondary N) is 1. The second kappa shape index (κ2) is 5.46. The molecular weight excluding hydrogens is 225 g/mol. The van der Waals surface area contributed by atoms with Gasteiger partial charge in [-0.3, -0.25) is 0 Å². The van der Waals surface area contributed by atoms with Gasteiger partial charge < -0.3 is 5.32 Å². The van der Waals surface area contributed by atoms with E-state index in [-0.39, 0.29) is 5.82 Å². The average molecular weight is 240 g/mol. The van der Waals surface area contributed by atoms with Gasteiger partial charge in [-0.15, -0.1) is 0 Å². The van der Waals surface area contributed by atoms with E-state index in [1.165, 1.54) is 25.0 Å². The maximum atomic E-state index is 12.8. The Kier molecular flexibility index (Phi) is 3.97. The third-order valence-corrected chi connectivity index (χ3v) is 3.15. The molecule has 86 valence electrons. The Bertz CT molecular complexity index is 384. The molecule has 0 spiro atoms. The molecular formula is C13H15ClFN. The molecule has 0 saturated carbocycles. The Morgan fingerprint density at radius 3 is 2.94 bits per heavy atom. The molecule has 1 heterocycles. The van der Waals surface area contributed by atoms with E-state index in [1.54, 1.807) is 6.07 Å². The molecule has 1 aromatic carbocycles. The summed E-state index contributed by atoms with van der Waals surface area (Å²) in [6.45, 7) is 1.08. The summed E-state index contributed by atoms with van der Waals surface area (Å²) in [5, 5.41) is 3.88. The molecule has 0 bridgehead atoms. The molecule has 1 aromatic rings. The van der Waals surface area contributed by atoms with Crippen LogP contribution in [0.2, 0.25) is 5.02 Å². The number of piperidine rings is 1. The van der Waals surface area contributed by atoms with E-state index in [4.69, 9.17) is 11.6 Å². The van der Waals surface area contributed by atoms with Crippen molar-refractivity contribution in [1.29, 1.82) is 0 Å². The molecule has 0 aliphatic carbocycles. The third-order valence-electron chi connectivity index (χ3n) is 2.82. The largest absolute Gasteiger partial charge is 0.311 e. The minimum absolute atomic E-state index is 0.294. The van der Waals surface area contributed by atoms with Crippen LogP contribution in [0.4, 0.5) is 4.39 Å². The SMILES string of the molecule is Fc1ccc(/C=C/C2CCCCN2)c(Cl)c1. The normalized spacial score (nSPS) is 21.5. The summed E-state index contributed by atoms with van der Waals surface area (Å²) in [5.74, 6) is -0.294. The quantitative estimate of drug-likeness (QED) is 0.831. The minimum atomic E-state index is -0.294. The van der Waals surface area contributed by atoms with Gasteiger partial charge in [0, 0.05) is 6.04 Å². The highest BCUT2D eigenvalue weighted by Gasteiger charge is 2.08. The number of hydrogen-bond donors (Lipinski definition) is 1. The van der Waals surface area contributed by atoms with Gasteiger partial charge >= 0.3 is 0 Å². The lowest BCUT2D eigenvalue weighted by molar-refractivity contribution is 0.455. The zero-order valence-electron chi connectivity index (χ0n) is 9.05. The molecule has 1 unspecified atom stereocenters. The van der Waals surface area contributed by atoms with E-state index in [9.17, 15) is 4.39 Å². The Labute approximate surface area is 100 Å². The highest BCUT2D eigenvalue weighted by molar-refractivity contribution is 6.32. The van der Waals surface area contributed by atoms with Gasteiger partial charge in [0.1, 0.15) is 5.82 Å². The van der Waals surface area contributed by atoms with Crippen LogP contribution in [0.1, 0.15) is 24.8 Å². The van der Waals surface area contributed by atoms with Gasteiger partial charge in [0.25, 0.3) is 0 Å². The molecule has 0 amide bonds. The molecule has 1 aliphatic rings. The lowest BCUT2D eigenvalue weighted by Gasteiger charge is -2.20. The van der Waals surface area contributed by atoms with Crippen molar-refractivity contribution in [2.24, 2.45) is 0 Å². The van der Waals surface area contributed by atoms with Gasteiger partial charge in [-0.2, -0.15) is 0 Å². The van der Waals surface area contributed by atoms with Crippen LogP contribution in [0, 0.1) is 5.82 Å². The fourth-order valence-corrected chi connectivity index (χ4v) is 2.13. The van der Waals surface area contributed by atoms with Crippen molar-refractivity contribution in [3.63, 3.8) is 0 Å². The Morgan fingerprint density at radius 1 is 1.38 bits per heavy atom. The highest BCUT2D eigenvalue weighted by atomic mass is 35.5. The fraction of sp³-hybridized carbons (Fsp3) is 0.385. The maximum absolute atomic E-state index is 12.8. The molecule has 0 aromatic heterocycles. The Balaban J connectivity index is 2.04.